The van der Waals surface area contributed by atoms with Crippen molar-refractivity contribution in [3.63, 3.8) is 0 Å². The first-order valence-corrected chi connectivity index (χ1v) is 15.2. The quantitative estimate of drug-likeness (QED) is 0.0772. The summed E-state index contributed by atoms with van der Waals surface area (Å²) in [7, 11) is 0. The van der Waals surface area contributed by atoms with Gasteiger partial charge in [0.2, 0.25) is 12.6 Å². The molecule has 2 N–H and O–H groups in total. The van der Waals surface area contributed by atoms with E-state index in [2.05, 4.69) is 13.5 Å². The Morgan fingerprint density at radius 1 is 1.09 bits per heavy atom. The Balaban J connectivity index is 2.15. The number of allylic oxidation sites excluding steroid dienone is 6. The average Bonchev–Trinajstić information content (AvgIpc) is 3.23. The summed E-state index contributed by atoms with van der Waals surface area (Å²) in [5.74, 6) is -2.98. The molecule has 238 valence electrons. The Kier molecular flexibility index (Phi) is 11.7. The van der Waals surface area contributed by atoms with E-state index in [4.69, 9.17) is 18.9 Å². The zero-order chi connectivity index (χ0) is 31.9. The van der Waals surface area contributed by atoms with Crippen molar-refractivity contribution in [2.24, 2.45) is 22.7 Å². The number of hydrogen-bond acceptors (Lipinski definition) is 9. The van der Waals surface area contributed by atoms with Gasteiger partial charge in [-0.05, 0) is 55.9 Å². The number of esters is 3. The van der Waals surface area contributed by atoms with E-state index in [1.54, 1.807) is 18.2 Å². The molecule has 0 aromatic rings. The minimum absolute atomic E-state index is 0.205. The summed E-state index contributed by atoms with van der Waals surface area (Å²) in [6, 6.07) is 0. The molecule has 9 atom stereocenters. The number of carbonyl (C=O) groups excluding carboxylic acids is 3. The lowest BCUT2D eigenvalue weighted by Gasteiger charge is -2.62. The monoisotopic (exact) mass is 600 g/mol. The first-order chi connectivity index (χ1) is 20.3. The van der Waals surface area contributed by atoms with Crippen LogP contribution in [-0.4, -0.2) is 59.0 Å². The van der Waals surface area contributed by atoms with E-state index in [1.807, 2.05) is 32.9 Å². The molecular weight excluding hydrogens is 552 g/mol. The molecule has 1 saturated heterocycles. The molecule has 0 aromatic heterocycles. The van der Waals surface area contributed by atoms with Gasteiger partial charge in [-0.2, -0.15) is 0 Å². The summed E-state index contributed by atoms with van der Waals surface area (Å²) in [4.78, 5) is 37.8. The first kappa shape index (κ1) is 34.5. The molecule has 3 rings (SSSR count). The van der Waals surface area contributed by atoms with Gasteiger partial charge in [0.25, 0.3) is 0 Å². The van der Waals surface area contributed by atoms with Crippen LogP contribution in [0.4, 0.5) is 0 Å². The first-order valence-electron chi connectivity index (χ1n) is 15.2. The summed E-state index contributed by atoms with van der Waals surface area (Å²) in [6.45, 7) is 14.2. The van der Waals surface area contributed by atoms with Gasteiger partial charge in [0.05, 0.1) is 12.2 Å². The molecule has 1 saturated carbocycles. The molecular formula is C34H48O9. The van der Waals surface area contributed by atoms with Crippen molar-refractivity contribution in [1.82, 2.24) is 0 Å². The maximum absolute atomic E-state index is 13.2. The second-order valence-electron chi connectivity index (χ2n) is 12.2. The smallest absolute Gasteiger partial charge is 0.331 e. The number of carbonyl (C=O) groups is 3. The SMILES string of the molecule is C=C/C(C)=C/C[C@]1(C)[C@H](C)[C@@H](O)C(OC(=O)/C=C\C=C\CCCCC)[C@@]23C(=C[C@@H](O)C[C@H]12)[C@H](OC(C)=O)O[C@@H]3OC(C)=O. The Bertz CT molecular complexity index is 1170. The fourth-order valence-electron chi connectivity index (χ4n) is 6.97. The second kappa shape index (κ2) is 14.6. The Morgan fingerprint density at radius 2 is 1.79 bits per heavy atom. The van der Waals surface area contributed by atoms with Gasteiger partial charge >= 0.3 is 17.9 Å². The van der Waals surface area contributed by atoms with Crippen LogP contribution in [-0.2, 0) is 33.3 Å². The predicted octanol–water partition coefficient (Wildman–Crippen LogP) is 5.23. The van der Waals surface area contributed by atoms with Crippen LogP contribution >= 0.6 is 0 Å². The molecule has 9 nitrogen and oxygen atoms in total. The number of hydrogen-bond donors (Lipinski definition) is 2. The molecule has 0 amide bonds. The normalized spacial score (nSPS) is 35.7. The van der Waals surface area contributed by atoms with Crippen LogP contribution in [0.15, 0.2) is 60.3 Å². The molecule has 0 bridgehead atoms. The van der Waals surface area contributed by atoms with Crippen molar-refractivity contribution in [1.29, 1.82) is 0 Å². The molecule has 2 fully saturated rings. The van der Waals surface area contributed by atoms with Crippen molar-refractivity contribution < 1.29 is 43.5 Å². The minimum Gasteiger partial charge on any atom is -0.455 e. The third-order valence-corrected chi connectivity index (χ3v) is 9.38. The third kappa shape index (κ3) is 7.21. The highest BCUT2D eigenvalue weighted by Crippen LogP contribution is 2.67. The second-order valence-corrected chi connectivity index (χ2v) is 12.2. The van der Waals surface area contributed by atoms with Crippen molar-refractivity contribution in [2.75, 3.05) is 0 Å². The van der Waals surface area contributed by atoms with E-state index in [0.29, 0.717) is 12.0 Å². The highest BCUT2D eigenvalue weighted by atomic mass is 16.8. The summed E-state index contributed by atoms with van der Waals surface area (Å²) < 4.78 is 23.4. The zero-order valence-corrected chi connectivity index (χ0v) is 26.3. The van der Waals surface area contributed by atoms with E-state index >= 15 is 0 Å². The van der Waals surface area contributed by atoms with Crippen LogP contribution in [0.25, 0.3) is 0 Å². The van der Waals surface area contributed by atoms with Gasteiger partial charge in [-0.1, -0.05) is 76.1 Å². The lowest BCUT2D eigenvalue weighted by molar-refractivity contribution is -0.275. The van der Waals surface area contributed by atoms with Crippen molar-refractivity contribution in [3.05, 3.63) is 60.3 Å². The number of ether oxygens (including phenoxy) is 4. The molecule has 1 spiro atoms. The largest absolute Gasteiger partial charge is 0.455 e. The van der Waals surface area contributed by atoms with E-state index in [0.717, 1.165) is 31.3 Å². The summed E-state index contributed by atoms with van der Waals surface area (Å²) in [5.41, 5.74) is -0.933. The highest BCUT2D eigenvalue weighted by Gasteiger charge is 2.74. The van der Waals surface area contributed by atoms with Crippen LogP contribution in [0.3, 0.4) is 0 Å². The van der Waals surface area contributed by atoms with Crippen molar-refractivity contribution in [3.8, 4) is 0 Å². The number of aliphatic hydroxyl groups excluding tert-OH is 2. The number of aliphatic hydroxyl groups is 2. The van der Waals surface area contributed by atoms with Crippen LogP contribution in [0, 0.1) is 22.7 Å². The van der Waals surface area contributed by atoms with E-state index in [1.165, 1.54) is 26.0 Å². The topological polar surface area (TPSA) is 129 Å². The molecule has 9 heteroatoms. The molecule has 0 radical (unpaired) electrons. The van der Waals surface area contributed by atoms with Gasteiger partial charge < -0.3 is 24.4 Å². The van der Waals surface area contributed by atoms with Crippen LogP contribution in [0.5, 0.6) is 0 Å². The molecule has 1 unspecified atom stereocenters. The summed E-state index contributed by atoms with van der Waals surface area (Å²) in [5, 5.41) is 23.1. The zero-order valence-electron chi connectivity index (χ0n) is 26.3. The molecule has 2 aliphatic carbocycles. The van der Waals surface area contributed by atoms with Gasteiger partial charge in [-0.15, -0.1) is 0 Å². The van der Waals surface area contributed by atoms with E-state index in [-0.39, 0.29) is 6.42 Å². The Morgan fingerprint density at radius 3 is 2.42 bits per heavy atom. The Labute approximate surface area is 255 Å². The van der Waals surface area contributed by atoms with Gasteiger partial charge in [0, 0.05) is 25.5 Å². The maximum Gasteiger partial charge on any atom is 0.331 e. The standard InChI is InChI=1S/C34H48O9/c1-8-10-11-12-13-14-15-16-28(38)42-30-29(39)22(4)33(7,18-17-21(3)9-2)27-20-25(37)19-26-31(40-23(5)35)43-32(34(26,27)30)41-24(6)36/h9,13-17,19,22,25,27,29-32,37,39H,2,8,10-12,18,20H2,1,3-7H3/b14-13+,16-15-,21-17+/t22-,25-,27-,29-,30?,31-,32+,33-,34-/m1/s1. The van der Waals surface area contributed by atoms with Crippen molar-refractivity contribution >= 4 is 17.9 Å². The maximum atomic E-state index is 13.2. The lowest BCUT2D eigenvalue weighted by atomic mass is 9.44. The van der Waals surface area contributed by atoms with E-state index in [9.17, 15) is 24.6 Å². The molecule has 1 heterocycles. The van der Waals surface area contributed by atoms with Crippen LogP contribution in [0.1, 0.15) is 80.1 Å². The molecule has 0 aromatic carbocycles. The van der Waals surface area contributed by atoms with Crippen LogP contribution in [0.2, 0.25) is 0 Å². The van der Waals surface area contributed by atoms with Gasteiger partial charge in [-0.3, -0.25) is 14.3 Å². The third-order valence-electron chi connectivity index (χ3n) is 9.38. The molecule has 3 aliphatic rings. The predicted molar refractivity (Wildman–Crippen MR) is 161 cm³/mol. The van der Waals surface area contributed by atoms with Gasteiger partial charge in [-0.25, -0.2) is 4.79 Å². The Hall–Kier alpha value is -3.01. The fraction of sp³-hybridized carbons (Fsp3) is 0.618. The number of unbranched alkanes of at least 4 members (excludes halogenated alkanes) is 3. The van der Waals surface area contributed by atoms with E-state index < -0.39 is 71.5 Å². The summed E-state index contributed by atoms with van der Waals surface area (Å²) in [6.07, 6.45) is 10.6. The van der Waals surface area contributed by atoms with Crippen LogP contribution < -0.4 is 0 Å². The van der Waals surface area contributed by atoms with Gasteiger partial charge in [0.15, 0.2) is 0 Å². The lowest BCUT2D eigenvalue weighted by Crippen LogP contribution is -2.68. The van der Waals surface area contributed by atoms with Crippen molar-refractivity contribution in [2.45, 2.75) is 111 Å². The number of rotatable bonds is 12. The molecule has 43 heavy (non-hydrogen) atoms. The van der Waals surface area contributed by atoms with Gasteiger partial charge in [0.1, 0.15) is 11.5 Å². The summed E-state index contributed by atoms with van der Waals surface area (Å²) >= 11 is 0. The molecule has 1 aliphatic heterocycles. The minimum atomic E-state index is -1.46. The fourth-order valence-corrected chi connectivity index (χ4v) is 6.97. The highest BCUT2D eigenvalue weighted by molar-refractivity contribution is 5.82. The average molecular weight is 601 g/mol.